The lowest BCUT2D eigenvalue weighted by molar-refractivity contribution is 0.315. The van der Waals surface area contributed by atoms with Crippen LogP contribution in [0.4, 0.5) is 0 Å². The van der Waals surface area contributed by atoms with Crippen molar-refractivity contribution < 1.29 is 9.73 Å². The molecule has 1 atom stereocenters. The maximum absolute atomic E-state index is 8.85. The Morgan fingerprint density at radius 1 is 1.42 bits per heavy atom. The van der Waals surface area contributed by atoms with Crippen LogP contribution in [0.25, 0.3) is 0 Å². The fraction of sp³-hybridized carbons (Fsp3) is 0.250. The number of oxime groups is 1. The van der Waals surface area contributed by atoms with E-state index in [-0.39, 0.29) is 11.8 Å². The fourth-order valence-electron chi connectivity index (χ4n) is 1.75. The Bertz CT molecular complexity index is 512. The standard InChI is InChI=1S/C12H15N5O2/c13-12(16-18)10(9-4-2-1-3-5-9)6-14-7-11-15-8-19-17-11/h1-5,8,10,14,18H,6-7H2,(H2,13,16). The Morgan fingerprint density at radius 3 is 2.84 bits per heavy atom. The molecule has 0 saturated carbocycles. The Morgan fingerprint density at radius 2 is 2.21 bits per heavy atom. The zero-order valence-corrected chi connectivity index (χ0v) is 10.2. The monoisotopic (exact) mass is 261 g/mol. The van der Waals surface area contributed by atoms with Crippen LogP contribution in [0.15, 0.2) is 46.4 Å². The molecule has 0 spiro atoms. The number of rotatable bonds is 6. The van der Waals surface area contributed by atoms with Crippen molar-refractivity contribution in [2.45, 2.75) is 12.5 Å². The summed E-state index contributed by atoms with van der Waals surface area (Å²) >= 11 is 0. The van der Waals surface area contributed by atoms with Crippen LogP contribution in [0.1, 0.15) is 17.3 Å². The largest absolute Gasteiger partial charge is 0.409 e. The first-order valence-corrected chi connectivity index (χ1v) is 5.79. The minimum atomic E-state index is -0.210. The number of aromatic nitrogens is 2. The van der Waals surface area contributed by atoms with Crippen molar-refractivity contribution in [1.29, 1.82) is 0 Å². The minimum absolute atomic E-state index is 0.159. The van der Waals surface area contributed by atoms with E-state index in [9.17, 15) is 0 Å². The molecule has 7 nitrogen and oxygen atoms in total. The fourth-order valence-corrected chi connectivity index (χ4v) is 1.75. The summed E-state index contributed by atoms with van der Waals surface area (Å²) in [6.45, 7) is 0.965. The highest BCUT2D eigenvalue weighted by Gasteiger charge is 2.16. The number of nitrogens with one attached hydrogen (secondary N) is 1. The van der Waals surface area contributed by atoms with Crippen molar-refractivity contribution in [2.75, 3.05) is 6.54 Å². The Balaban J connectivity index is 1.99. The first-order chi connectivity index (χ1) is 9.31. The van der Waals surface area contributed by atoms with Gasteiger partial charge in [-0.25, -0.2) is 0 Å². The number of nitrogens with zero attached hydrogens (tertiary/aromatic N) is 3. The lowest BCUT2D eigenvalue weighted by Gasteiger charge is -2.16. The summed E-state index contributed by atoms with van der Waals surface area (Å²) < 4.78 is 4.64. The lowest BCUT2D eigenvalue weighted by atomic mass is 9.98. The molecule has 1 aromatic carbocycles. The molecule has 0 aliphatic rings. The zero-order chi connectivity index (χ0) is 13.5. The van der Waals surface area contributed by atoms with Gasteiger partial charge in [-0.1, -0.05) is 40.6 Å². The molecule has 19 heavy (non-hydrogen) atoms. The highest BCUT2D eigenvalue weighted by molar-refractivity contribution is 5.87. The third-order valence-electron chi connectivity index (χ3n) is 2.71. The van der Waals surface area contributed by atoms with E-state index in [0.717, 1.165) is 5.56 Å². The van der Waals surface area contributed by atoms with E-state index in [1.807, 2.05) is 30.3 Å². The van der Waals surface area contributed by atoms with E-state index in [1.165, 1.54) is 6.39 Å². The molecule has 100 valence electrons. The highest BCUT2D eigenvalue weighted by atomic mass is 16.5. The van der Waals surface area contributed by atoms with Crippen LogP contribution in [-0.4, -0.2) is 27.7 Å². The van der Waals surface area contributed by atoms with Gasteiger partial charge < -0.3 is 20.8 Å². The van der Waals surface area contributed by atoms with Gasteiger partial charge in [-0.15, -0.1) is 0 Å². The van der Waals surface area contributed by atoms with Crippen LogP contribution in [0, 0.1) is 0 Å². The van der Waals surface area contributed by atoms with Crippen LogP contribution in [-0.2, 0) is 6.54 Å². The van der Waals surface area contributed by atoms with Crippen LogP contribution in [0.3, 0.4) is 0 Å². The third kappa shape index (κ3) is 3.52. The topological polar surface area (TPSA) is 110 Å². The van der Waals surface area contributed by atoms with Crippen LogP contribution >= 0.6 is 0 Å². The van der Waals surface area contributed by atoms with Crippen LogP contribution in [0.2, 0.25) is 0 Å². The maximum atomic E-state index is 8.85. The van der Waals surface area contributed by atoms with E-state index < -0.39 is 0 Å². The molecule has 0 radical (unpaired) electrons. The Kier molecular flexibility index (Phi) is 4.46. The van der Waals surface area contributed by atoms with Crippen molar-refractivity contribution in [3.05, 3.63) is 48.1 Å². The van der Waals surface area contributed by atoms with Crippen molar-refractivity contribution in [1.82, 2.24) is 15.5 Å². The Hall–Kier alpha value is -2.41. The van der Waals surface area contributed by atoms with E-state index in [2.05, 4.69) is 25.1 Å². The third-order valence-corrected chi connectivity index (χ3v) is 2.71. The summed E-state index contributed by atoms with van der Waals surface area (Å²) in [6, 6.07) is 9.59. The van der Waals surface area contributed by atoms with Gasteiger partial charge in [0.1, 0.15) is 5.84 Å². The van der Waals surface area contributed by atoms with Crippen LogP contribution < -0.4 is 11.1 Å². The van der Waals surface area contributed by atoms with Crippen LogP contribution in [0.5, 0.6) is 0 Å². The molecule has 0 aliphatic carbocycles. The van der Waals surface area contributed by atoms with E-state index in [1.54, 1.807) is 0 Å². The quantitative estimate of drug-likeness (QED) is 0.305. The lowest BCUT2D eigenvalue weighted by Crippen LogP contribution is -2.31. The molecule has 0 fully saturated rings. The van der Waals surface area contributed by atoms with Gasteiger partial charge in [-0.2, -0.15) is 4.98 Å². The molecule has 2 aromatic rings. The summed E-state index contributed by atoms with van der Waals surface area (Å²) in [6.07, 6.45) is 1.27. The summed E-state index contributed by atoms with van der Waals surface area (Å²) in [4.78, 5) is 3.90. The Labute approximate surface area is 110 Å². The zero-order valence-electron chi connectivity index (χ0n) is 10.2. The van der Waals surface area contributed by atoms with E-state index in [0.29, 0.717) is 18.9 Å². The van der Waals surface area contributed by atoms with Crippen molar-refractivity contribution in [3.63, 3.8) is 0 Å². The summed E-state index contributed by atoms with van der Waals surface area (Å²) in [5.74, 6) is 0.510. The summed E-state index contributed by atoms with van der Waals surface area (Å²) in [7, 11) is 0. The van der Waals surface area contributed by atoms with Gasteiger partial charge in [0.15, 0.2) is 5.82 Å². The molecule has 0 bridgehead atoms. The van der Waals surface area contributed by atoms with Gasteiger partial charge in [0.05, 0.1) is 12.5 Å². The predicted octanol–water partition coefficient (Wildman–Crippen LogP) is 0.689. The molecule has 1 unspecified atom stereocenters. The number of hydrogen-bond acceptors (Lipinski definition) is 6. The molecule has 1 heterocycles. The number of nitrogens with two attached hydrogens (primary N) is 1. The van der Waals surface area contributed by atoms with Crippen molar-refractivity contribution in [2.24, 2.45) is 10.9 Å². The number of benzene rings is 1. The molecule has 7 heteroatoms. The normalized spacial score (nSPS) is 13.4. The average molecular weight is 261 g/mol. The average Bonchev–Trinajstić information content (AvgIpc) is 2.97. The second kappa shape index (κ2) is 6.50. The SMILES string of the molecule is N/C(=N/O)C(CNCc1ncon1)c1ccccc1. The first-order valence-electron chi connectivity index (χ1n) is 5.79. The van der Waals surface area contributed by atoms with Gasteiger partial charge in [0.2, 0.25) is 6.39 Å². The molecule has 0 amide bonds. The predicted molar refractivity (Wildman–Crippen MR) is 68.6 cm³/mol. The molecule has 0 aliphatic heterocycles. The molecule has 4 N–H and O–H groups in total. The second-order valence-corrected chi connectivity index (χ2v) is 3.97. The molecule has 2 rings (SSSR count). The molecular weight excluding hydrogens is 246 g/mol. The summed E-state index contributed by atoms with van der Waals surface area (Å²) in [5, 5.41) is 18.8. The van der Waals surface area contributed by atoms with Crippen molar-refractivity contribution in [3.8, 4) is 0 Å². The van der Waals surface area contributed by atoms with Gasteiger partial charge >= 0.3 is 0 Å². The smallest absolute Gasteiger partial charge is 0.213 e. The minimum Gasteiger partial charge on any atom is -0.409 e. The second-order valence-electron chi connectivity index (χ2n) is 3.97. The number of amidine groups is 1. The highest BCUT2D eigenvalue weighted by Crippen LogP contribution is 2.14. The van der Waals surface area contributed by atoms with E-state index >= 15 is 0 Å². The maximum Gasteiger partial charge on any atom is 0.213 e. The molecule has 1 aromatic heterocycles. The van der Waals surface area contributed by atoms with Gasteiger partial charge in [0, 0.05) is 6.54 Å². The van der Waals surface area contributed by atoms with Gasteiger partial charge in [-0.05, 0) is 5.56 Å². The molecule has 0 saturated heterocycles. The molecular formula is C12H15N5O2. The summed E-state index contributed by atoms with van der Waals surface area (Å²) in [5.41, 5.74) is 6.69. The number of hydrogen-bond donors (Lipinski definition) is 3. The van der Waals surface area contributed by atoms with Gasteiger partial charge in [0.25, 0.3) is 0 Å². The van der Waals surface area contributed by atoms with Gasteiger partial charge in [-0.3, -0.25) is 0 Å². The first kappa shape index (κ1) is 13.0. The van der Waals surface area contributed by atoms with Crippen molar-refractivity contribution >= 4 is 5.84 Å². The van der Waals surface area contributed by atoms with E-state index in [4.69, 9.17) is 10.9 Å².